The lowest BCUT2D eigenvalue weighted by Gasteiger charge is -2.34. The molecule has 3 aromatic rings. The normalized spacial score (nSPS) is 15.9. The Morgan fingerprint density at radius 1 is 1.07 bits per heavy atom. The molecule has 4 rings (SSSR count). The maximum atomic E-state index is 11.1. The predicted molar refractivity (Wildman–Crippen MR) is 119 cm³/mol. The summed E-state index contributed by atoms with van der Waals surface area (Å²) >= 11 is 0. The summed E-state index contributed by atoms with van der Waals surface area (Å²) in [7, 11) is 0. The van der Waals surface area contributed by atoms with Gasteiger partial charge in [0.2, 0.25) is 0 Å². The number of amidine groups is 1. The van der Waals surface area contributed by atoms with Crippen LogP contribution in [-0.2, 0) is 0 Å². The van der Waals surface area contributed by atoms with Crippen molar-refractivity contribution in [2.45, 2.75) is 33.2 Å². The second kappa shape index (κ2) is 7.40. The molecule has 1 aliphatic heterocycles. The summed E-state index contributed by atoms with van der Waals surface area (Å²) in [6.07, 6.45) is 0. The molecule has 3 N–H and O–H groups in total. The van der Waals surface area contributed by atoms with E-state index < -0.39 is 5.54 Å². The minimum atomic E-state index is -0.848. The Balaban J connectivity index is 1.81. The van der Waals surface area contributed by atoms with E-state index >= 15 is 0 Å². The average molecular weight is 406 g/mol. The SMILES string of the molecule is CCOc1cc(OCC)cc(N2C(=N)C(c3nc4ccccc4[nH]3)=C(O)C2(C)C)c1. The Hall–Kier alpha value is -3.48. The predicted octanol–water partition coefficient (Wildman–Crippen LogP) is 4.91. The van der Waals surface area contributed by atoms with Crippen molar-refractivity contribution in [2.75, 3.05) is 18.1 Å². The molecule has 0 saturated carbocycles. The smallest absolute Gasteiger partial charge is 0.145 e. The van der Waals surface area contributed by atoms with Crippen LogP contribution in [0.3, 0.4) is 0 Å². The van der Waals surface area contributed by atoms with Crippen LogP contribution in [0.5, 0.6) is 11.5 Å². The zero-order chi connectivity index (χ0) is 21.5. The summed E-state index contributed by atoms with van der Waals surface area (Å²) in [6.45, 7) is 8.62. The molecule has 2 aromatic carbocycles. The van der Waals surface area contributed by atoms with Gasteiger partial charge in [0.05, 0.1) is 41.0 Å². The van der Waals surface area contributed by atoms with E-state index in [2.05, 4.69) is 9.97 Å². The van der Waals surface area contributed by atoms with E-state index in [4.69, 9.17) is 14.9 Å². The molecule has 0 amide bonds. The van der Waals surface area contributed by atoms with Crippen LogP contribution in [0.4, 0.5) is 5.69 Å². The number of fused-ring (bicyclic) bond motifs is 1. The van der Waals surface area contributed by atoms with Crippen molar-refractivity contribution in [3.8, 4) is 11.5 Å². The van der Waals surface area contributed by atoms with Crippen molar-refractivity contribution < 1.29 is 14.6 Å². The Morgan fingerprint density at radius 2 is 1.70 bits per heavy atom. The number of nitrogens with zero attached hydrogens (tertiary/aromatic N) is 2. The fourth-order valence-electron chi connectivity index (χ4n) is 3.85. The summed E-state index contributed by atoms with van der Waals surface area (Å²) in [4.78, 5) is 9.59. The van der Waals surface area contributed by atoms with Crippen LogP contribution in [0.15, 0.2) is 48.2 Å². The maximum Gasteiger partial charge on any atom is 0.145 e. The summed E-state index contributed by atoms with van der Waals surface area (Å²) in [5.41, 5.74) is 1.88. The fraction of sp³-hybridized carbons (Fsp3) is 0.304. The molecule has 1 aromatic heterocycles. The van der Waals surface area contributed by atoms with Gasteiger partial charge in [-0.3, -0.25) is 5.41 Å². The number of aliphatic hydroxyl groups excluding tert-OH is 1. The minimum absolute atomic E-state index is 0.0892. The van der Waals surface area contributed by atoms with Gasteiger partial charge in [0, 0.05) is 18.2 Å². The first kappa shape index (κ1) is 19.8. The number of hydrogen-bond donors (Lipinski definition) is 3. The number of para-hydroxylation sites is 2. The maximum absolute atomic E-state index is 11.1. The van der Waals surface area contributed by atoms with E-state index in [-0.39, 0.29) is 11.6 Å². The number of hydrogen-bond acceptors (Lipinski definition) is 5. The van der Waals surface area contributed by atoms with Gasteiger partial charge in [-0.2, -0.15) is 0 Å². The lowest BCUT2D eigenvalue weighted by Crippen LogP contribution is -2.43. The Bertz CT molecular complexity index is 1090. The second-order valence-electron chi connectivity index (χ2n) is 7.60. The van der Waals surface area contributed by atoms with Crippen molar-refractivity contribution in [1.29, 1.82) is 5.41 Å². The number of aromatic amines is 1. The third-order valence-electron chi connectivity index (χ3n) is 5.21. The number of anilines is 1. The lowest BCUT2D eigenvalue weighted by atomic mass is 10.0. The third kappa shape index (κ3) is 3.16. The molecule has 0 spiro atoms. The van der Waals surface area contributed by atoms with Crippen molar-refractivity contribution in [2.24, 2.45) is 0 Å². The summed E-state index contributed by atoms with van der Waals surface area (Å²) < 4.78 is 11.4. The first-order valence-corrected chi connectivity index (χ1v) is 10.1. The molecule has 0 fully saturated rings. The van der Waals surface area contributed by atoms with Gasteiger partial charge in [0.1, 0.15) is 28.9 Å². The van der Waals surface area contributed by atoms with E-state index in [9.17, 15) is 5.11 Å². The van der Waals surface area contributed by atoms with Gasteiger partial charge in [-0.1, -0.05) is 12.1 Å². The number of rotatable bonds is 6. The molecule has 30 heavy (non-hydrogen) atoms. The van der Waals surface area contributed by atoms with Crippen molar-refractivity contribution >= 4 is 28.1 Å². The molecule has 1 aliphatic rings. The summed E-state index contributed by atoms with van der Waals surface area (Å²) in [6, 6.07) is 13.2. The van der Waals surface area contributed by atoms with Crippen LogP contribution in [0.1, 0.15) is 33.5 Å². The highest BCUT2D eigenvalue weighted by Gasteiger charge is 2.46. The number of aliphatic hydroxyl groups is 1. The van der Waals surface area contributed by atoms with Crippen LogP contribution in [0.25, 0.3) is 16.6 Å². The zero-order valence-electron chi connectivity index (χ0n) is 17.6. The molecule has 0 aliphatic carbocycles. The molecule has 0 bridgehead atoms. The van der Waals surface area contributed by atoms with Crippen LogP contribution >= 0.6 is 0 Å². The molecule has 156 valence electrons. The molecule has 0 saturated heterocycles. The van der Waals surface area contributed by atoms with Crippen LogP contribution in [-0.4, -0.2) is 39.7 Å². The highest BCUT2D eigenvalue weighted by atomic mass is 16.5. The molecule has 0 unspecified atom stereocenters. The van der Waals surface area contributed by atoms with Gasteiger partial charge < -0.3 is 24.5 Å². The number of H-pyrrole nitrogens is 1. The Morgan fingerprint density at radius 3 is 2.30 bits per heavy atom. The van der Waals surface area contributed by atoms with Gasteiger partial charge >= 0.3 is 0 Å². The van der Waals surface area contributed by atoms with Gasteiger partial charge in [-0.25, -0.2) is 4.98 Å². The van der Waals surface area contributed by atoms with Crippen molar-refractivity contribution in [3.63, 3.8) is 0 Å². The Kier molecular flexibility index (Phi) is 4.89. The standard InChI is InChI=1S/C23H26N4O3/c1-5-29-15-11-14(12-16(13-15)30-6-2)27-21(24)19(20(28)23(27,3)4)22-25-17-9-7-8-10-18(17)26-22/h7-13,24,28H,5-6H2,1-4H3,(H,25,26). The van der Waals surface area contributed by atoms with E-state index in [1.165, 1.54) is 0 Å². The van der Waals surface area contributed by atoms with E-state index in [0.29, 0.717) is 41.8 Å². The van der Waals surface area contributed by atoms with Crippen LogP contribution in [0, 0.1) is 5.41 Å². The molecule has 0 radical (unpaired) electrons. The quantitative estimate of drug-likeness (QED) is 0.541. The van der Waals surface area contributed by atoms with Gasteiger partial charge in [-0.05, 0) is 39.8 Å². The largest absolute Gasteiger partial charge is 0.509 e. The number of imidazole rings is 1. The number of ether oxygens (including phenoxy) is 2. The van der Waals surface area contributed by atoms with Crippen molar-refractivity contribution in [3.05, 3.63) is 54.0 Å². The molecule has 7 nitrogen and oxygen atoms in total. The number of benzene rings is 2. The van der Waals surface area contributed by atoms with Gasteiger partial charge in [0.15, 0.2) is 0 Å². The first-order valence-electron chi connectivity index (χ1n) is 10.1. The van der Waals surface area contributed by atoms with Crippen LogP contribution < -0.4 is 14.4 Å². The fourth-order valence-corrected chi connectivity index (χ4v) is 3.85. The van der Waals surface area contributed by atoms with Gasteiger partial charge in [-0.15, -0.1) is 0 Å². The molecule has 7 heteroatoms. The Labute approximate surface area is 175 Å². The molecule has 2 heterocycles. The highest BCUT2D eigenvalue weighted by Crippen LogP contribution is 2.43. The van der Waals surface area contributed by atoms with Gasteiger partial charge in [0.25, 0.3) is 0 Å². The number of aromatic nitrogens is 2. The first-order chi connectivity index (χ1) is 14.4. The third-order valence-corrected chi connectivity index (χ3v) is 5.21. The van der Waals surface area contributed by atoms with E-state index in [1.807, 2.05) is 70.2 Å². The zero-order valence-corrected chi connectivity index (χ0v) is 17.6. The monoisotopic (exact) mass is 406 g/mol. The number of nitrogens with one attached hydrogen (secondary N) is 2. The van der Waals surface area contributed by atoms with E-state index in [1.54, 1.807) is 4.90 Å². The lowest BCUT2D eigenvalue weighted by molar-refractivity contribution is 0.321. The summed E-state index contributed by atoms with van der Waals surface area (Å²) in [5, 5.41) is 20.0. The summed E-state index contributed by atoms with van der Waals surface area (Å²) in [5.74, 6) is 2.02. The topological polar surface area (TPSA) is 94.5 Å². The second-order valence-corrected chi connectivity index (χ2v) is 7.60. The van der Waals surface area contributed by atoms with Crippen LogP contribution in [0.2, 0.25) is 0 Å². The molecule has 0 atom stereocenters. The molecular formula is C23H26N4O3. The average Bonchev–Trinajstić information content (AvgIpc) is 3.18. The van der Waals surface area contributed by atoms with Crippen molar-refractivity contribution in [1.82, 2.24) is 9.97 Å². The highest BCUT2D eigenvalue weighted by molar-refractivity contribution is 6.31. The molecular weight excluding hydrogens is 380 g/mol. The van der Waals surface area contributed by atoms with E-state index in [0.717, 1.165) is 11.0 Å². The minimum Gasteiger partial charge on any atom is -0.509 e.